The van der Waals surface area contributed by atoms with E-state index in [9.17, 15) is 9.59 Å². The van der Waals surface area contributed by atoms with E-state index in [0.29, 0.717) is 22.9 Å². The minimum Gasteiger partial charge on any atom is -0.493 e. The lowest BCUT2D eigenvalue weighted by molar-refractivity contribution is -0.136. The van der Waals surface area contributed by atoms with Crippen LogP contribution in [0.3, 0.4) is 0 Å². The van der Waals surface area contributed by atoms with Crippen LogP contribution in [0.15, 0.2) is 47.7 Å². The van der Waals surface area contributed by atoms with Crippen molar-refractivity contribution in [2.45, 2.75) is 0 Å². The van der Waals surface area contributed by atoms with Gasteiger partial charge in [-0.3, -0.25) is 14.6 Å². The summed E-state index contributed by atoms with van der Waals surface area (Å²) in [5, 5.41) is 6.11. The molecular formula is C16H16N4O4. The van der Waals surface area contributed by atoms with Gasteiger partial charge < -0.3 is 14.8 Å². The Morgan fingerprint density at radius 2 is 1.88 bits per heavy atom. The van der Waals surface area contributed by atoms with Crippen molar-refractivity contribution >= 4 is 23.7 Å². The highest BCUT2D eigenvalue weighted by atomic mass is 16.5. The maximum atomic E-state index is 11.8. The summed E-state index contributed by atoms with van der Waals surface area (Å²) in [5.41, 5.74) is 3.07. The Morgan fingerprint density at radius 3 is 2.54 bits per heavy atom. The average Bonchev–Trinajstić information content (AvgIpc) is 2.62. The number of ether oxygens (including phenoxy) is 2. The molecule has 2 amide bonds. The standard InChI is InChI=1S/C16H16N4O4/c1-23-13-7-6-11(9-14(13)24-2)19-15(21)16(22)20-18-10-12-5-3-4-8-17-12/h3-10H,1-2H3,(H,19,21)(H,20,22)/b18-10-. The summed E-state index contributed by atoms with van der Waals surface area (Å²) in [6.07, 6.45) is 2.93. The van der Waals surface area contributed by atoms with Gasteiger partial charge >= 0.3 is 11.8 Å². The number of hydrazone groups is 1. The Kier molecular flexibility index (Phi) is 5.84. The second-order valence-corrected chi connectivity index (χ2v) is 4.48. The Hall–Kier alpha value is -3.42. The van der Waals surface area contributed by atoms with E-state index < -0.39 is 11.8 Å². The first kappa shape index (κ1) is 16.9. The third kappa shape index (κ3) is 4.54. The fourth-order valence-corrected chi connectivity index (χ4v) is 1.76. The molecule has 2 rings (SSSR count). The molecule has 8 heteroatoms. The summed E-state index contributed by atoms with van der Waals surface area (Å²) < 4.78 is 10.2. The molecule has 0 atom stereocenters. The topological polar surface area (TPSA) is 102 Å². The third-order valence-corrected chi connectivity index (χ3v) is 2.90. The molecule has 0 fully saturated rings. The van der Waals surface area contributed by atoms with E-state index in [2.05, 4.69) is 20.8 Å². The Morgan fingerprint density at radius 1 is 1.08 bits per heavy atom. The van der Waals surface area contributed by atoms with Crippen molar-refractivity contribution in [3.05, 3.63) is 48.3 Å². The van der Waals surface area contributed by atoms with E-state index >= 15 is 0 Å². The first-order valence-electron chi connectivity index (χ1n) is 6.91. The van der Waals surface area contributed by atoms with Crippen LogP contribution < -0.4 is 20.2 Å². The largest absolute Gasteiger partial charge is 0.493 e. The van der Waals surface area contributed by atoms with Crippen LogP contribution in [0, 0.1) is 0 Å². The number of anilines is 1. The van der Waals surface area contributed by atoms with Crippen LogP contribution in [-0.2, 0) is 9.59 Å². The van der Waals surface area contributed by atoms with Gasteiger partial charge in [0, 0.05) is 18.0 Å². The van der Waals surface area contributed by atoms with E-state index in [1.807, 2.05) is 0 Å². The van der Waals surface area contributed by atoms with Crippen LogP contribution >= 0.6 is 0 Å². The number of nitrogens with zero attached hydrogens (tertiary/aromatic N) is 2. The number of rotatable bonds is 5. The van der Waals surface area contributed by atoms with Crippen LogP contribution in [0.5, 0.6) is 11.5 Å². The van der Waals surface area contributed by atoms with Gasteiger partial charge in [-0.25, -0.2) is 5.43 Å². The van der Waals surface area contributed by atoms with Crippen LogP contribution in [0.2, 0.25) is 0 Å². The van der Waals surface area contributed by atoms with Crippen LogP contribution in [0.1, 0.15) is 5.69 Å². The minimum atomic E-state index is -0.906. The SMILES string of the molecule is COc1ccc(NC(=O)C(=O)N/N=C\c2ccccn2)cc1OC. The maximum absolute atomic E-state index is 11.8. The number of methoxy groups -OCH3 is 2. The lowest BCUT2D eigenvalue weighted by Crippen LogP contribution is -2.32. The molecular weight excluding hydrogens is 312 g/mol. The van der Waals surface area contributed by atoms with Crippen molar-refractivity contribution < 1.29 is 19.1 Å². The highest BCUT2D eigenvalue weighted by molar-refractivity contribution is 6.39. The van der Waals surface area contributed by atoms with Gasteiger partial charge in [-0.1, -0.05) is 6.07 Å². The summed E-state index contributed by atoms with van der Waals surface area (Å²) in [5.74, 6) is -0.818. The molecule has 0 spiro atoms. The Bertz CT molecular complexity index is 747. The zero-order chi connectivity index (χ0) is 17.4. The van der Waals surface area contributed by atoms with Gasteiger partial charge in [0.25, 0.3) is 0 Å². The van der Waals surface area contributed by atoms with Crippen molar-refractivity contribution in [1.82, 2.24) is 10.4 Å². The number of benzene rings is 1. The Balaban J connectivity index is 1.94. The molecule has 0 saturated carbocycles. The highest BCUT2D eigenvalue weighted by Gasteiger charge is 2.14. The zero-order valence-electron chi connectivity index (χ0n) is 13.1. The van der Waals surface area contributed by atoms with Crippen molar-refractivity contribution in [2.24, 2.45) is 5.10 Å². The van der Waals surface area contributed by atoms with Crippen LogP contribution in [0.4, 0.5) is 5.69 Å². The third-order valence-electron chi connectivity index (χ3n) is 2.90. The first-order valence-corrected chi connectivity index (χ1v) is 6.91. The van der Waals surface area contributed by atoms with E-state index in [4.69, 9.17) is 9.47 Å². The van der Waals surface area contributed by atoms with E-state index in [1.54, 1.807) is 42.6 Å². The van der Waals surface area contributed by atoms with Crippen molar-refractivity contribution in [3.63, 3.8) is 0 Å². The fourth-order valence-electron chi connectivity index (χ4n) is 1.76. The number of hydrogen-bond acceptors (Lipinski definition) is 6. The quantitative estimate of drug-likeness (QED) is 0.488. The number of nitrogens with one attached hydrogen (secondary N) is 2. The van der Waals surface area contributed by atoms with Gasteiger partial charge in [0.15, 0.2) is 11.5 Å². The predicted molar refractivity (Wildman–Crippen MR) is 88.1 cm³/mol. The van der Waals surface area contributed by atoms with Gasteiger partial charge in [-0.05, 0) is 24.3 Å². The summed E-state index contributed by atoms with van der Waals surface area (Å²) in [6.45, 7) is 0. The molecule has 0 bridgehead atoms. The molecule has 124 valence electrons. The van der Waals surface area contributed by atoms with Gasteiger partial charge in [-0.2, -0.15) is 5.10 Å². The minimum absolute atomic E-state index is 0.390. The van der Waals surface area contributed by atoms with Crippen molar-refractivity contribution in [3.8, 4) is 11.5 Å². The van der Waals surface area contributed by atoms with Crippen LogP contribution in [0.25, 0.3) is 0 Å². The average molecular weight is 328 g/mol. The van der Waals surface area contributed by atoms with E-state index in [1.165, 1.54) is 20.4 Å². The second kappa shape index (κ2) is 8.28. The monoisotopic (exact) mass is 328 g/mol. The summed E-state index contributed by atoms with van der Waals surface area (Å²) >= 11 is 0. The maximum Gasteiger partial charge on any atom is 0.329 e. The predicted octanol–water partition coefficient (Wildman–Crippen LogP) is 1.19. The number of aromatic nitrogens is 1. The lowest BCUT2D eigenvalue weighted by atomic mass is 10.2. The van der Waals surface area contributed by atoms with E-state index in [0.717, 1.165) is 0 Å². The Labute approximate surface area is 138 Å². The molecule has 1 aromatic heterocycles. The number of hydrogen-bond donors (Lipinski definition) is 2. The summed E-state index contributed by atoms with van der Waals surface area (Å²) in [6, 6.07) is 9.99. The lowest BCUT2D eigenvalue weighted by Gasteiger charge is -2.10. The molecule has 2 N–H and O–H groups in total. The highest BCUT2D eigenvalue weighted by Crippen LogP contribution is 2.29. The smallest absolute Gasteiger partial charge is 0.329 e. The van der Waals surface area contributed by atoms with Crippen LogP contribution in [-0.4, -0.2) is 37.2 Å². The molecule has 1 aromatic carbocycles. The first-order chi connectivity index (χ1) is 11.6. The van der Waals surface area contributed by atoms with Gasteiger partial charge in [-0.15, -0.1) is 0 Å². The number of carbonyl (C=O) groups is 2. The molecule has 0 aliphatic rings. The molecule has 0 aliphatic carbocycles. The van der Waals surface area contributed by atoms with Crippen molar-refractivity contribution in [2.75, 3.05) is 19.5 Å². The summed E-state index contributed by atoms with van der Waals surface area (Å²) in [7, 11) is 2.98. The molecule has 8 nitrogen and oxygen atoms in total. The molecule has 0 aliphatic heterocycles. The number of carbonyl (C=O) groups excluding carboxylic acids is 2. The van der Waals surface area contributed by atoms with Crippen molar-refractivity contribution in [1.29, 1.82) is 0 Å². The number of amides is 2. The fraction of sp³-hybridized carbons (Fsp3) is 0.125. The molecule has 0 radical (unpaired) electrons. The molecule has 24 heavy (non-hydrogen) atoms. The molecule has 0 unspecified atom stereocenters. The van der Waals surface area contributed by atoms with Gasteiger partial charge in [0.1, 0.15) is 0 Å². The van der Waals surface area contributed by atoms with Gasteiger partial charge in [0.05, 0.1) is 26.1 Å². The molecule has 2 aromatic rings. The zero-order valence-corrected chi connectivity index (χ0v) is 13.1. The van der Waals surface area contributed by atoms with E-state index in [-0.39, 0.29) is 0 Å². The summed E-state index contributed by atoms with van der Waals surface area (Å²) in [4.78, 5) is 27.5. The number of pyridine rings is 1. The second-order valence-electron chi connectivity index (χ2n) is 4.48. The van der Waals surface area contributed by atoms with Gasteiger partial charge in [0.2, 0.25) is 0 Å². The molecule has 1 heterocycles. The normalized spacial score (nSPS) is 10.2. The molecule has 0 saturated heterocycles.